The van der Waals surface area contributed by atoms with Crippen molar-refractivity contribution in [2.45, 2.75) is 6.92 Å². The molecule has 0 heterocycles. The first kappa shape index (κ1) is 15.6. The van der Waals surface area contributed by atoms with Gasteiger partial charge in [0.2, 0.25) is 0 Å². The predicted molar refractivity (Wildman–Crippen MR) is 85.8 cm³/mol. The Morgan fingerprint density at radius 1 is 1.09 bits per heavy atom. The molecule has 4 nitrogen and oxygen atoms in total. The minimum atomic E-state index is -0.138. The zero-order chi connectivity index (χ0) is 16.1. The number of allylic oxidation sites excluding steroid dienone is 1. The zero-order valence-electron chi connectivity index (χ0n) is 12.8. The molecule has 0 saturated heterocycles. The average Bonchev–Trinajstić information content (AvgIpc) is 2.54. The van der Waals surface area contributed by atoms with E-state index in [4.69, 9.17) is 9.47 Å². The molecule has 4 heteroatoms. The standard InChI is InChI=1S/C18H18O4/c1-12-14(10-16(21-2)11-18(12)22-3)6-9-17(20)13-4-7-15(19)8-5-13/h4-11,19H,1-3H3/b9-6+. The summed E-state index contributed by atoms with van der Waals surface area (Å²) in [5.41, 5.74) is 2.29. The van der Waals surface area contributed by atoms with E-state index in [2.05, 4.69) is 0 Å². The third-order valence-electron chi connectivity index (χ3n) is 3.40. The Morgan fingerprint density at radius 3 is 2.36 bits per heavy atom. The van der Waals surface area contributed by atoms with E-state index in [1.165, 1.54) is 18.2 Å². The highest BCUT2D eigenvalue weighted by Gasteiger charge is 2.07. The zero-order valence-corrected chi connectivity index (χ0v) is 12.8. The first-order valence-corrected chi connectivity index (χ1v) is 6.79. The molecular weight excluding hydrogens is 280 g/mol. The van der Waals surface area contributed by atoms with Gasteiger partial charge in [-0.2, -0.15) is 0 Å². The lowest BCUT2D eigenvalue weighted by Crippen LogP contribution is -1.95. The molecule has 0 radical (unpaired) electrons. The molecule has 2 rings (SSSR count). The molecule has 0 aliphatic heterocycles. The highest BCUT2D eigenvalue weighted by molar-refractivity contribution is 6.07. The lowest BCUT2D eigenvalue weighted by molar-refractivity contribution is 0.104. The maximum absolute atomic E-state index is 12.1. The van der Waals surface area contributed by atoms with Gasteiger partial charge in [-0.25, -0.2) is 0 Å². The van der Waals surface area contributed by atoms with Crippen LogP contribution in [0.4, 0.5) is 0 Å². The van der Waals surface area contributed by atoms with Gasteiger partial charge in [-0.05, 0) is 54.5 Å². The molecule has 0 saturated carbocycles. The third-order valence-corrected chi connectivity index (χ3v) is 3.40. The van der Waals surface area contributed by atoms with Crippen molar-refractivity contribution in [1.82, 2.24) is 0 Å². The summed E-state index contributed by atoms with van der Waals surface area (Å²) < 4.78 is 10.5. The van der Waals surface area contributed by atoms with Crippen LogP contribution in [0.5, 0.6) is 17.2 Å². The molecule has 114 valence electrons. The second-order valence-corrected chi connectivity index (χ2v) is 4.79. The molecule has 0 fully saturated rings. The molecule has 0 unspecified atom stereocenters. The fraction of sp³-hybridized carbons (Fsp3) is 0.167. The number of methoxy groups -OCH3 is 2. The van der Waals surface area contributed by atoms with Crippen LogP contribution in [0.1, 0.15) is 21.5 Å². The van der Waals surface area contributed by atoms with Crippen LogP contribution in [0.3, 0.4) is 0 Å². The Kier molecular flexibility index (Phi) is 4.84. The summed E-state index contributed by atoms with van der Waals surface area (Å²) in [7, 11) is 3.18. The second kappa shape index (κ2) is 6.80. The van der Waals surface area contributed by atoms with Crippen molar-refractivity contribution in [3.05, 3.63) is 59.2 Å². The number of benzene rings is 2. The molecular formula is C18H18O4. The van der Waals surface area contributed by atoms with Gasteiger partial charge >= 0.3 is 0 Å². The van der Waals surface area contributed by atoms with Crippen molar-refractivity contribution in [3.8, 4) is 17.2 Å². The number of phenols is 1. The van der Waals surface area contributed by atoms with E-state index in [1.807, 2.05) is 13.0 Å². The number of phenolic OH excluding ortho intramolecular Hbond substituents is 1. The van der Waals surface area contributed by atoms with E-state index in [0.29, 0.717) is 17.1 Å². The van der Waals surface area contributed by atoms with Gasteiger partial charge in [0, 0.05) is 11.6 Å². The van der Waals surface area contributed by atoms with Crippen molar-refractivity contribution in [1.29, 1.82) is 0 Å². The van der Waals surface area contributed by atoms with Gasteiger partial charge in [0.05, 0.1) is 14.2 Å². The monoisotopic (exact) mass is 298 g/mol. The summed E-state index contributed by atoms with van der Waals surface area (Å²) in [6.45, 7) is 1.92. The van der Waals surface area contributed by atoms with Crippen LogP contribution in [0, 0.1) is 6.92 Å². The summed E-state index contributed by atoms with van der Waals surface area (Å²) in [5, 5.41) is 9.24. The first-order chi connectivity index (χ1) is 10.5. The van der Waals surface area contributed by atoms with E-state index in [9.17, 15) is 9.90 Å². The van der Waals surface area contributed by atoms with Crippen molar-refractivity contribution in [2.75, 3.05) is 14.2 Å². The van der Waals surface area contributed by atoms with E-state index >= 15 is 0 Å². The summed E-state index contributed by atoms with van der Waals surface area (Å²) in [6.07, 6.45) is 3.23. The van der Waals surface area contributed by atoms with E-state index in [-0.39, 0.29) is 11.5 Å². The minimum Gasteiger partial charge on any atom is -0.508 e. The van der Waals surface area contributed by atoms with Gasteiger partial charge in [-0.3, -0.25) is 4.79 Å². The van der Waals surface area contributed by atoms with Gasteiger partial charge < -0.3 is 14.6 Å². The van der Waals surface area contributed by atoms with E-state index in [1.54, 1.807) is 38.5 Å². The Morgan fingerprint density at radius 2 is 1.77 bits per heavy atom. The van der Waals surface area contributed by atoms with E-state index in [0.717, 1.165) is 11.1 Å². The molecule has 0 spiro atoms. The van der Waals surface area contributed by atoms with Crippen molar-refractivity contribution < 1.29 is 19.4 Å². The summed E-state index contributed by atoms with van der Waals surface area (Å²) in [6, 6.07) is 9.79. The highest BCUT2D eigenvalue weighted by Crippen LogP contribution is 2.28. The number of aromatic hydroxyl groups is 1. The molecule has 2 aromatic rings. The average molecular weight is 298 g/mol. The molecule has 0 aliphatic carbocycles. The lowest BCUT2D eigenvalue weighted by Gasteiger charge is -2.10. The van der Waals surface area contributed by atoms with Gasteiger partial charge in [-0.1, -0.05) is 6.08 Å². The molecule has 2 aromatic carbocycles. The second-order valence-electron chi connectivity index (χ2n) is 4.79. The van der Waals surface area contributed by atoms with Crippen LogP contribution in [0.2, 0.25) is 0 Å². The maximum Gasteiger partial charge on any atom is 0.185 e. The number of carbonyl (C=O) groups excluding carboxylic acids is 1. The smallest absolute Gasteiger partial charge is 0.185 e. The Labute approximate surface area is 129 Å². The minimum absolute atomic E-state index is 0.133. The normalized spacial score (nSPS) is 10.7. The van der Waals surface area contributed by atoms with Crippen molar-refractivity contribution in [2.24, 2.45) is 0 Å². The molecule has 1 N–H and O–H groups in total. The summed E-state index contributed by atoms with van der Waals surface area (Å²) >= 11 is 0. The Balaban J connectivity index is 2.29. The Bertz CT molecular complexity index is 700. The molecule has 0 aliphatic rings. The maximum atomic E-state index is 12.1. The van der Waals surface area contributed by atoms with Gasteiger partial charge in [0.15, 0.2) is 5.78 Å². The van der Waals surface area contributed by atoms with E-state index < -0.39 is 0 Å². The third kappa shape index (κ3) is 3.47. The fourth-order valence-electron chi connectivity index (χ4n) is 2.07. The number of hydrogen-bond acceptors (Lipinski definition) is 4. The van der Waals surface area contributed by atoms with Crippen LogP contribution in [-0.4, -0.2) is 25.1 Å². The summed E-state index contributed by atoms with van der Waals surface area (Å²) in [4.78, 5) is 12.1. The Hall–Kier alpha value is -2.75. The van der Waals surface area contributed by atoms with Crippen LogP contribution in [0.15, 0.2) is 42.5 Å². The number of ketones is 1. The molecule has 22 heavy (non-hydrogen) atoms. The van der Waals surface area contributed by atoms with Crippen LogP contribution in [-0.2, 0) is 0 Å². The van der Waals surface area contributed by atoms with Gasteiger partial charge in [-0.15, -0.1) is 0 Å². The molecule has 0 amide bonds. The van der Waals surface area contributed by atoms with Crippen molar-refractivity contribution in [3.63, 3.8) is 0 Å². The van der Waals surface area contributed by atoms with Gasteiger partial charge in [0.25, 0.3) is 0 Å². The first-order valence-electron chi connectivity index (χ1n) is 6.79. The number of rotatable bonds is 5. The number of ether oxygens (including phenoxy) is 2. The fourth-order valence-corrected chi connectivity index (χ4v) is 2.07. The predicted octanol–water partition coefficient (Wildman–Crippen LogP) is 3.61. The quantitative estimate of drug-likeness (QED) is 0.676. The molecule has 0 bridgehead atoms. The SMILES string of the molecule is COc1cc(/C=C/C(=O)c2ccc(O)cc2)c(C)c(OC)c1. The van der Waals surface area contributed by atoms with Crippen LogP contribution in [0.25, 0.3) is 6.08 Å². The molecule has 0 atom stereocenters. The largest absolute Gasteiger partial charge is 0.508 e. The number of carbonyl (C=O) groups is 1. The highest BCUT2D eigenvalue weighted by atomic mass is 16.5. The summed E-state index contributed by atoms with van der Waals surface area (Å²) in [5.74, 6) is 1.37. The van der Waals surface area contributed by atoms with Crippen LogP contribution >= 0.6 is 0 Å². The lowest BCUT2D eigenvalue weighted by atomic mass is 10.0. The van der Waals surface area contributed by atoms with Crippen molar-refractivity contribution >= 4 is 11.9 Å². The number of hydrogen-bond donors (Lipinski definition) is 1. The topological polar surface area (TPSA) is 55.8 Å². The van der Waals surface area contributed by atoms with Gasteiger partial charge in [0.1, 0.15) is 17.2 Å². The van der Waals surface area contributed by atoms with Crippen LogP contribution < -0.4 is 9.47 Å². The molecule has 0 aromatic heterocycles.